The molecule has 2 nitrogen and oxygen atoms in total. The van der Waals surface area contributed by atoms with E-state index in [0.29, 0.717) is 4.47 Å². The van der Waals surface area contributed by atoms with E-state index in [-0.39, 0.29) is 43.0 Å². The summed E-state index contributed by atoms with van der Waals surface area (Å²) in [6.45, 7) is 2.87. The molecule has 1 rings (SSSR count). The molecule has 0 aliphatic rings. The summed E-state index contributed by atoms with van der Waals surface area (Å²) in [6.07, 6.45) is 0. The highest BCUT2D eigenvalue weighted by Crippen LogP contribution is 2.36. The molecule has 0 heterocycles. The largest absolute Gasteiger partial charge is 0.507 e. The summed E-state index contributed by atoms with van der Waals surface area (Å²) in [5.41, 5.74) is 0. The molecule has 1 aromatic carbocycles. The molecule has 0 aliphatic carbocycles. The van der Waals surface area contributed by atoms with Crippen molar-refractivity contribution in [2.24, 2.45) is 0 Å². The predicted octanol–water partition coefficient (Wildman–Crippen LogP) is 4.25. The average Bonchev–Trinajstić information content (AvgIpc) is 2.21. The highest BCUT2D eigenvalue weighted by molar-refractivity contribution is 9.14. The Hall–Kier alpha value is 1.51. The van der Waals surface area contributed by atoms with Crippen LogP contribution in [0.1, 0.15) is 6.92 Å². The summed E-state index contributed by atoms with van der Waals surface area (Å²) in [6, 6.07) is 3.38. The molecule has 1 N–H and O–H groups in total. The first-order valence-corrected chi connectivity index (χ1v) is 7.05. The lowest BCUT2D eigenvalue weighted by molar-refractivity contribution is 0.375. The molecule has 0 saturated heterocycles. The summed E-state index contributed by atoms with van der Waals surface area (Å²) >= 11 is 9.77. The Bertz CT molecular complexity index is 277. The number of aromatic hydroxyl groups is 1. The highest BCUT2D eigenvalue weighted by Gasteiger charge is 2.04. The molecule has 0 spiro atoms. The van der Waals surface area contributed by atoms with Crippen molar-refractivity contribution < 1.29 is 9.53 Å². The van der Waals surface area contributed by atoms with Crippen LogP contribution in [0.5, 0.6) is 5.75 Å². The maximum absolute atomic E-state index is 9.13. The number of phenolic OH excluding ortho intramolecular Hbond substituents is 1. The first-order chi connectivity index (χ1) is 6.54. The number of hydrogen-bond donors (Lipinski definition) is 1. The van der Waals surface area contributed by atoms with Crippen molar-refractivity contribution in [2.45, 2.75) is 6.92 Å². The summed E-state index contributed by atoms with van der Waals surface area (Å²) in [4.78, 5) is 0. The lowest BCUT2D eigenvalue weighted by Gasteiger charge is -2.00. The lowest BCUT2D eigenvalue weighted by Crippen LogP contribution is -1.76. The van der Waals surface area contributed by atoms with Crippen molar-refractivity contribution >= 4 is 95.5 Å². The van der Waals surface area contributed by atoms with Gasteiger partial charge >= 0.3 is 0 Å². The second-order valence-electron chi connectivity index (χ2n) is 2.27. The maximum atomic E-state index is 9.13. The molecule has 17 heavy (non-hydrogen) atoms. The Kier molecular flexibility index (Phi) is 24.7. The molecule has 0 aliphatic heterocycles. The van der Waals surface area contributed by atoms with Crippen molar-refractivity contribution in [3.63, 3.8) is 0 Å². The molecule has 0 atom stereocenters. The Labute approximate surface area is 148 Å². The topological polar surface area (TPSA) is 29.5 Å². The van der Waals surface area contributed by atoms with E-state index in [0.717, 1.165) is 26.0 Å². The second-order valence-corrected chi connectivity index (χ2v) is 5.29. The van der Waals surface area contributed by atoms with Gasteiger partial charge in [0.15, 0.2) is 0 Å². The smallest absolute Gasteiger partial charge is 0.145 e. The molecular weight excluding hydrogens is 502 g/mol. The van der Waals surface area contributed by atoms with E-state index >= 15 is 0 Å². The fraction of sp³-hybridized carbons (Fsp3) is 0.250. The Morgan fingerprint density at radius 1 is 1.12 bits per heavy atom. The first-order valence-electron chi connectivity index (χ1n) is 3.86. The Morgan fingerprint density at radius 3 is 1.82 bits per heavy atom. The highest BCUT2D eigenvalue weighted by atomic mass is 79.9. The van der Waals surface area contributed by atoms with Crippen LogP contribution in [0.15, 0.2) is 25.6 Å². The molecule has 0 bridgehead atoms. The van der Waals surface area contributed by atoms with Crippen LogP contribution in [0, 0.1) is 0 Å². The van der Waals surface area contributed by atoms with Crippen LogP contribution in [0.2, 0.25) is 0 Å². The zero-order valence-corrected chi connectivity index (χ0v) is 18.3. The van der Waals surface area contributed by atoms with Gasteiger partial charge in [-0.25, -0.2) is 0 Å². The zero-order valence-electron chi connectivity index (χ0n) is 9.08. The number of phenols is 1. The number of halogens is 6. The molecule has 9 heteroatoms. The maximum Gasteiger partial charge on any atom is 0.145 e. The molecule has 1 aromatic rings. The molecule has 0 fully saturated rings. The van der Waals surface area contributed by atoms with E-state index in [9.17, 15) is 0 Å². The lowest BCUT2D eigenvalue weighted by atomic mass is 10.3. The third-order valence-corrected chi connectivity index (χ3v) is 5.23. The van der Waals surface area contributed by atoms with Gasteiger partial charge in [0.25, 0.3) is 0 Å². The Morgan fingerprint density at radius 2 is 1.53 bits per heavy atom. The van der Waals surface area contributed by atoms with Crippen LogP contribution in [-0.4, -0.2) is 22.2 Å². The minimum absolute atomic E-state index is 0. The van der Waals surface area contributed by atoms with Gasteiger partial charge in [-0.3, -0.25) is 0 Å². The molecule has 0 amide bonds. The average molecular weight is 516 g/mol. The van der Waals surface area contributed by atoms with E-state index in [2.05, 4.69) is 52.2 Å². The van der Waals surface area contributed by atoms with Crippen LogP contribution < -0.4 is 0 Å². The van der Waals surface area contributed by atoms with Crippen molar-refractivity contribution in [1.29, 1.82) is 0 Å². The van der Waals surface area contributed by atoms with Gasteiger partial charge in [0, 0.05) is 15.6 Å². The van der Waals surface area contributed by atoms with Gasteiger partial charge in [-0.05, 0) is 66.8 Å². The van der Waals surface area contributed by atoms with Crippen LogP contribution >= 0.6 is 85.0 Å². The standard InChI is InChI=1S/C6H3Br3O.C2H8OSi.3ClH/c7-3-1-2-4(10)6(9)5(3)8;1-2-3-4;;;/h1-2,10H;2H2,1,4H3;3*1H. The predicted molar refractivity (Wildman–Crippen MR) is 94.5 cm³/mol. The van der Waals surface area contributed by atoms with Gasteiger partial charge < -0.3 is 9.53 Å². The molecule has 0 radical (unpaired) electrons. The SMILES string of the molecule is CCO[SiH3].Cl.Cl.Cl.Oc1ccc(Br)c(Br)c1Br. The van der Waals surface area contributed by atoms with E-state index in [1.807, 2.05) is 6.92 Å². The molecule has 104 valence electrons. The van der Waals surface area contributed by atoms with Crippen molar-refractivity contribution in [1.82, 2.24) is 0 Å². The van der Waals surface area contributed by atoms with Crippen molar-refractivity contribution in [3.05, 3.63) is 25.6 Å². The second kappa shape index (κ2) is 15.6. The first kappa shape index (κ1) is 27.0. The van der Waals surface area contributed by atoms with Crippen molar-refractivity contribution in [3.8, 4) is 5.75 Å². The minimum atomic E-state index is 0. The monoisotopic (exact) mass is 512 g/mol. The normalized spacial score (nSPS) is 7.76. The zero-order chi connectivity index (χ0) is 11.1. The van der Waals surface area contributed by atoms with Crippen LogP contribution in [0.4, 0.5) is 0 Å². The van der Waals surface area contributed by atoms with Gasteiger partial charge in [-0.1, -0.05) is 0 Å². The van der Waals surface area contributed by atoms with E-state index in [4.69, 9.17) is 5.11 Å². The van der Waals surface area contributed by atoms with Gasteiger partial charge in [0.05, 0.1) is 4.47 Å². The summed E-state index contributed by atoms with van der Waals surface area (Å²) in [5, 5.41) is 9.13. The summed E-state index contributed by atoms with van der Waals surface area (Å²) in [7, 11) is 0.890. The fourth-order valence-electron chi connectivity index (χ4n) is 0.516. The van der Waals surface area contributed by atoms with Crippen molar-refractivity contribution in [2.75, 3.05) is 6.61 Å². The van der Waals surface area contributed by atoms with Crippen LogP contribution in [0.3, 0.4) is 0 Å². The summed E-state index contributed by atoms with van der Waals surface area (Å²) < 4.78 is 7.09. The fourth-order valence-corrected chi connectivity index (χ4v) is 1.79. The number of benzene rings is 1. The molecular formula is C8H14Br3Cl3O2Si. The van der Waals surface area contributed by atoms with Gasteiger partial charge in [0.2, 0.25) is 0 Å². The number of hydrogen-bond acceptors (Lipinski definition) is 2. The molecule has 0 unspecified atom stereocenters. The molecule has 0 saturated carbocycles. The quantitative estimate of drug-likeness (QED) is 0.447. The van der Waals surface area contributed by atoms with E-state index < -0.39 is 0 Å². The van der Waals surface area contributed by atoms with E-state index in [1.54, 1.807) is 12.1 Å². The van der Waals surface area contributed by atoms with Gasteiger partial charge in [-0.15, -0.1) is 37.2 Å². The Balaban J connectivity index is -0.000000108. The van der Waals surface area contributed by atoms with E-state index in [1.165, 1.54) is 0 Å². The minimum Gasteiger partial charge on any atom is -0.507 e. The van der Waals surface area contributed by atoms with Crippen LogP contribution in [0.25, 0.3) is 0 Å². The number of rotatable bonds is 1. The third kappa shape index (κ3) is 11.1. The summed E-state index contributed by atoms with van der Waals surface area (Å²) in [5.74, 6) is 0.232. The third-order valence-electron chi connectivity index (χ3n) is 1.30. The van der Waals surface area contributed by atoms with Crippen LogP contribution in [-0.2, 0) is 4.43 Å². The van der Waals surface area contributed by atoms with Gasteiger partial charge in [0.1, 0.15) is 16.2 Å². The van der Waals surface area contributed by atoms with Gasteiger partial charge in [-0.2, -0.15) is 0 Å². The molecule has 0 aromatic heterocycles.